The third kappa shape index (κ3) is 7.03. The van der Waals surface area contributed by atoms with Gasteiger partial charge >= 0.3 is 0 Å². The molecule has 0 spiro atoms. The molecule has 0 heterocycles. The molecule has 1 aromatic rings. The first-order valence-electron chi connectivity index (χ1n) is 8.06. The van der Waals surface area contributed by atoms with Gasteiger partial charge < -0.3 is 9.47 Å². The molecule has 5 heteroatoms. The summed E-state index contributed by atoms with van der Waals surface area (Å²) in [6.45, 7) is 6.45. The Hall–Kier alpha value is -0.900. The largest absolute Gasteiger partial charge is 0.490 e. The monoisotopic (exact) mass is 359 g/mol. The number of rotatable bonds is 10. The van der Waals surface area contributed by atoms with Crippen molar-refractivity contribution in [3.63, 3.8) is 0 Å². The average Bonchev–Trinajstić information content (AvgIpc) is 2.53. The first kappa shape index (κ1) is 20.1. The summed E-state index contributed by atoms with van der Waals surface area (Å²) >= 11 is 11.2. The highest BCUT2D eigenvalue weighted by molar-refractivity contribution is 6.55. The minimum atomic E-state index is -0.0571. The molecule has 1 rings (SSSR count). The van der Waals surface area contributed by atoms with Gasteiger partial charge in [-0.15, -0.1) is 0 Å². The summed E-state index contributed by atoms with van der Waals surface area (Å²) in [5.41, 5.74) is 2.21. The second kappa shape index (κ2) is 10.8. The van der Waals surface area contributed by atoms with Gasteiger partial charge in [0.25, 0.3) is 0 Å². The first-order chi connectivity index (χ1) is 11.0. The van der Waals surface area contributed by atoms with E-state index < -0.39 is 0 Å². The van der Waals surface area contributed by atoms with Gasteiger partial charge in [-0.1, -0.05) is 37.0 Å². The van der Waals surface area contributed by atoms with Gasteiger partial charge in [0, 0.05) is 0 Å². The Balaban J connectivity index is 2.94. The van der Waals surface area contributed by atoms with Crippen molar-refractivity contribution in [2.24, 2.45) is 0 Å². The molecule has 0 N–H and O–H groups in total. The van der Waals surface area contributed by atoms with Gasteiger partial charge in [0.15, 0.2) is 0 Å². The van der Waals surface area contributed by atoms with E-state index in [4.69, 9.17) is 32.7 Å². The second-order valence-electron chi connectivity index (χ2n) is 5.36. The van der Waals surface area contributed by atoms with Crippen LogP contribution in [0.1, 0.15) is 44.7 Å². The van der Waals surface area contributed by atoms with Gasteiger partial charge in [0.1, 0.15) is 22.6 Å². The van der Waals surface area contributed by atoms with E-state index in [1.165, 1.54) is 0 Å². The van der Waals surface area contributed by atoms with Crippen molar-refractivity contribution in [1.29, 1.82) is 0 Å². The number of hydrogen-bond acceptors (Lipinski definition) is 2. The molecule has 0 saturated carbocycles. The molecule has 0 amide bonds. The Morgan fingerprint density at radius 2 is 1.83 bits per heavy atom. The highest BCUT2D eigenvalue weighted by Gasteiger charge is 2.14. The Labute approximate surface area is 149 Å². The fraction of sp³-hybridized carbons (Fsp3) is 0.556. The van der Waals surface area contributed by atoms with Gasteiger partial charge in [-0.05, 0) is 61.9 Å². The number of benzene rings is 1. The summed E-state index contributed by atoms with van der Waals surface area (Å²) < 4.78 is 12.0. The molecule has 0 bridgehead atoms. The fourth-order valence-electron chi connectivity index (χ4n) is 2.31. The second-order valence-corrected chi connectivity index (χ2v) is 6.37. The van der Waals surface area contributed by atoms with E-state index >= 15 is 0 Å². The van der Waals surface area contributed by atoms with Gasteiger partial charge in [-0.2, -0.15) is 0 Å². The predicted octanol–water partition coefficient (Wildman–Crippen LogP) is 5.49. The summed E-state index contributed by atoms with van der Waals surface area (Å²) in [6, 6.07) is 3.98. The standard InChI is InChI=1S/C18H25Cl2O3/c1-4-14-11-16(22-10-8-17(19)20)12-15(5-2)18(14)23-13(3)7-6-9-21/h8,11-13H,4-7,9-10H2,1-3H3. The molecule has 1 aromatic carbocycles. The van der Waals surface area contributed by atoms with Gasteiger partial charge in [0.05, 0.1) is 12.7 Å². The van der Waals surface area contributed by atoms with Gasteiger partial charge in [-0.3, -0.25) is 0 Å². The molecule has 0 aliphatic rings. The number of ether oxygens (including phenoxy) is 2. The third-order valence-corrected chi connectivity index (χ3v) is 3.85. The topological polar surface area (TPSA) is 38.4 Å². The fourth-order valence-corrected chi connectivity index (χ4v) is 2.44. The van der Waals surface area contributed by atoms with Crippen LogP contribution in [-0.2, 0) is 17.9 Å². The summed E-state index contributed by atoms with van der Waals surface area (Å²) in [4.78, 5) is 0. The molecule has 1 atom stereocenters. The molecule has 0 saturated heterocycles. The number of aryl methyl sites for hydroxylation is 2. The highest BCUT2D eigenvalue weighted by atomic mass is 35.5. The summed E-state index contributed by atoms with van der Waals surface area (Å²) in [7, 11) is 0. The minimum absolute atomic E-state index is 0.0318. The Bertz CT molecular complexity index is 486. The first-order valence-corrected chi connectivity index (χ1v) is 8.81. The van der Waals surface area contributed by atoms with Crippen molar-refractivity contribution in [2.45, 2.75) is 52.6 Å². The van der Waals surface area contributed by atoms with Crippen LogP contribution in [-0.4, -0.2) is 19.3 Å². The molecule has 1 radical (unpaired) electrons. The molecule has 0 fully saturated rings. The molecule has 0 aliphatic heterocycles. The van der Waals surface area contributed by atoms with Crippen molar-refractivity contribution in [3.8, 4) is 11.5 Å². The molecule has 3 nitrogen and oxygen atoms in total. The SMILES string of the molecule is CCc1cc(OCC=C(Cl)Cl)cc(CC)c1OC(C)CCC[O]. The van der Waals surface area contributed by atoms with Crippen LogP contribution in [0.15, 0.2) is 22.7 Å². The molecular formula is C18H25Cl2O3. The molecule has 0 aliphatic carbocycles. The lowest BCUT2D eigenvalue weighted by Crippen LogP contribution is -2.14. The Morgan fingerprint density at radius 3 is 2.30 bits per heavy atom. The minimum Gasteiger partial charge on any atom is -0.490 e. The number of halogens is 2. The molecule has 1 unspecified atom stereocenters. The summed E-state index contributed by atoms with van der Waals surface area (Å²) in [5, 5.41) is 10.6. The zero-order valence-electron chi connectivity index (χ0n) is 14.0. The van der Waals surface area contributed by atoms with Crippen molar-refractivity contribution in [3.05, 3.63) is 33.8 Å². The van der Waals surface area contributed by atoms with Gasteiger partial charge in [-0.25, -0.2) is 5.11 Å². The van der Waals surface area contributed by atoms with Crippen molar-refractivity contribution in [2.75, 3.05) is 13.2 Å². The highest BCUT2D eigenvalue weighted by Crippen LogP contribution is 2.32. The van der Waals surface area contributed by atoms with Crippen LogP contribution in [0.2, 0.25) is 0 Å². The lowest BCUT2D eigenvalue weighted by Gasteiger charge is -2.21. The molecular weight excluding hydrogens is 335 g/mol. The number of hydrogen-bond donors (Lipinski definition) is 0. The van der Waals surface area contributed by atoms with E-state index in [2.05, 4.69) is 13.8 Å². The van der Waals surface area contributed by atoms with Crippen LogP contribution in [0.4, 0.5) is 0 Å². The van der Waals surface area contributed by atoms with Crippen LogP contribution in [0.5, 0.6) is 11.5 Å². The van der Waals surface area contributed by atoms with E-state index in [1.54, 1.807) is 6.08 Å². The maximum Gasteiger partial charge on any atom is 0.126 e. The smallest absolute Gasteiger partial charge is 0.126 e. The van der Waals surface area contributed by atoms with Crippen molar-refractivity contribution >= 4 is 23.2 Å². The maximum atomic E-state index is 10.6. The third-order valence-electron chi connectivity index (χ3n) is 3.54. The van der Waals surface area contributed by atoms with Crippen molar-refractivity contribution in [1.82, 2.24) is 0 Å². The van der Waals surface area contributed by atoms with Crippen LogP contribution in [0, 0.1) is 0 Å². The van der Waals surface area contributed by atoms with Crippen LogP contribution < -0.4 is 9.47 Å². The van der Waals surface area contributed by atoms with E-state index in [9.17, 15) is 5.11 Å². The molecule has 23 heavy (non-hydrogen) atoms. The lowest BCUT2D eigenvalue weighted by molar-refractivity contribution is 0.153. The average molecular weight is 360 g/mol. The van der Waals surface area contributed by atoms with Crippen LogP contribution >= 0.6 is 23.2 Å². The van der Waals surface area contributed by atoms with E-state index in [0.717, 1.165) is 41.9 Å². The van der Waals surface area contributed by atoms with E-state index in [-0.39, 0.29) is 17.2 Å². The van der Waals surface area contributed by atoms with E-state index in [1.807, 2.05) is 19.1 Å². The molecule has 129 valence electrons. The zero-order valence-corrected chi connectivity index (χ0v) is 15.5. The van der Waals surface area contributed by atoms with E-state index in [0.29, 0.717) is 13.0 Å². The summed E-state index contributed by atoms with van der Waals surface area (Å²) in [6.07, 6.45) is 4.74. The Morgan fingerprint density at radius 1 is 1.22 bits per heavy atom. The lowest BCUT2D eigenvalue weighted by atomic mass is 10.0. The zero-order chi connectivity index (χ0) is 17.2. The predicted molar refractivity (Wildman–Crippen MR) is 95.4 cm³/mol. The van der Waals surface area contributed by atoms with Gasteiger partial charge in [0.2, 0.25) is 0 Å². The Kier molecular flexibility index (Phi) is 9.46. The van der Waals surface area contributed by atoms with Crippen LogP contribution in [0.3, 0.4) is 0 Å². The normalized spacial score (nSPS) is 11.9. The quantitative estimate of drug-likeness (QED) is 0.554. The maximum absolute atomic E-state index is 10.6. The van der Waals surface area contributed by atoms with Crippen molar-refractivity contribution < 1.29 is 14.6 Å². The molecule has 0 aromatic heterocycles. The summed E-state index contributed by atoms with van der Waals surface area (Å²) in [5.74, 6) is 1.70. The van der Waals surface area contributed by atoms with Crippen LogP contribution in [0.25, 0.3) is 0 Å².